The first kappa shape index (κ1) is 19.4. The van der Waals surface area contributed by atoms with Crippen LogP contribution in [0.25, 0.3) is 0 Å². The van der Waals surface area contributed by atoms with E-state index < -0.39 is 12.1 Å². The molecule has 8 nitrogen and oxygen atoms in total. The van der Waals surface area contributed by atoms with Crippen molar-refractivity contribution in [3.05, 3.63) is 24.2 Å². The van der Waals surface area contributed by atoms with E-state index in [4.69, 9.17) is 4.42 Å². The summed E-state index contributed by atoms with van der Waals surface area (Å²) in [6.07, 6.45) is 6.89. The summed E-state index contributed by atoms with van der Waals surface area (Å²) >= 11 is 0. The monoisotopic (exact) mass is 376 g/mol. The molecule has 27 heavy (non-hydrogen) atoms. The van der Waals surface area contributed by atoms with Gasteiger partial charge in [-0.1, -0.05) is 19.3 Å². The molecule has 8 heteroatoms. The number of nitrogens with one attached hydrogen (secondary N) is 2. The van der Waals surface area contributed by atoms with Crippen LogP contribution in [0.15, 0.2) is 22.8 Å². The Morgan fingerprint density at radius 1 is 1.11 bits per heavy atom. The molecule has 2 heterocycles. The third-order valence-corrected chi connectivity index (χ3v) is 5.44. The van der Waals surface area contributed by atoms with Gasteiger partial charge in [-0.2, -0.15) is 0 Å². The van der Waals surface area contributed by atoms with Crippen molar-refractivity contribution >= 4 is 17.8 Å². The first-order chi connectivity index (χ1) is 13.0. The molecular formula is C19H28N4O4. The lowest BCUT2D eigenvalue weighted by molar-refractivity contribution is -0.125. The lowest BCUT2D eigenvalue weighted by Gasteiger charge is -2.37. The second-order valence-corrected chi connectivity index (χ2v) is 7.28. The highest BCUT2D eigenvalue weighted by molar-refractivity contribution is 5.97. The minimum absolute atomic E-state index is 0.136. The zero-order valence-corrected chi connectivity index (χ0v) is 15.8. The van der Waals surface area contributed by atoms with Gasteiger partial charge in [0.2, 0.25) is 5.91 Å². The smallest absolute Gasteiger partial charge is 0.321 e. The van der Waals surface area contributed by atoms with Crippen molar-refractivity contribution in [3.63, 3.8) is 0 Å². The van der Waals surface area contributed by atoms with Gasteiger partial charge >= 0.3 is 6.03 Å². The van der Waals surface area contributed by atoms with Gasteiger partial charge in [-0.25, -0.2) is 4.79 Å². The molecule has 1 atom stereocenters. The van der Waals surface area contributed by atoms with Crippen LogP contribution < -0.4 is 10.6 Å². The summed E-state index contributed by atoms with van der Waals surface area (Å²) in [5, 5.41) is 5.35. The summed E-state index contributed by atoms with van der Waals surface area (Å²) in [6, 6.07) is 2.66. The maximum absolute atomic E-state index is 12.4. The van der Waals surface area contributed by atoms with Gasteiger partial charge in [-0.05, 0) is 31.9 Å². The van der Waals surface area contributed by atoms with Crippen molar-refractivity contribution in [2.75, 3.05) is 26.2 Å². The standard InChI is InChI=1S/C19H28N4O4/c1-14(17(24)21-19(26)20-15-6-3-2-4-7-15)22-9-11-23(12-10-22)18(25)16-8-5-13-27-16/h5,8,13-15H,2-4,6-7,9-12H2,1H3,(H2,20,21,24,26)/t14-/m0/s1. The molecule has 2 aliphatic rings. The molecule has 4 amide bonds. The molecule has 1 aliphatic heterocycles. The molecule has 1 saturated heterocycles. The molecule has 0 spiro atoms. The van der Waals surface area contributed by atoms with Crippen LogP contribution in [0.3, 0.4) is 0 Å². The normalized spacial score (nSPS) is 20.1. The fourth-order valence-corrected chi connectivity index (χ4v) is 3.72. The quantitative estimate of drug-likeness (QED) is 0.832. The number of urea groups is 1. The molecule has 0 unspecified atom stereocenters. The number of amides is 4. The highest BCUT2D eigenvalue weighted by Crippen LogP contribution is 2.17. The molecule has 1 aliphatic carbocycles. The first-order valence-electron chi connectivity index (χ1n) is 9.73. The number of hydrogen-bond acceptors (Lipinski definition) is 5. The van der Waals surface area contributed by atoms with Gasteiger partial charge < -0.3 is 14.6 Å². The van der Waals surface area contributed by atoms with Crippen molar-refractivity contribution < 1.29 is 18.8 Å². The molecule has 0 bridgehead atoms. The van der Waals surface area contributed by atoms with E-state index in [-0.39, 0.29) is 17.9 Å². The van der Waals surface area contributed by atoms with Crippen molar-refractivity contribution in [1.82, 2.24) is 20.4 Å². The molecule has 3 rings (SSSR count). The van der Waals surface area contributed by atoms with Crippen molar-refractivity contribution in [1.29, 1.82) is 0 Å². The van der Waals surface area contributed by atoms with Crippen molar-refractivity contribution in [3.8, 4) is 0 Å². The molecule has 0 radical (unpaired) electrons. The Balaban J connectivity index is 1.42. The fraction of sp³-hybridized carbons (Fsp3) is 0.632. The SMILES string of the molecule is C[C@@H](C(=O)NC(=O)NC1CCCCC1)N1CCN(C(=O)c2ccco2)CC1. The zero-order valence-electron chi connectivity index (χ0n) is 15.8. The predicted octanol–water partition coefficient (Wildman–Crippen LogP) is 1.58. The second-order valence-electron chi connectivity index (χ2n) is 7.28. The second kappa shape index (κ2) is 9.03. The predicted molar refractivity (Wildman–Crippen MR) is 99.2 cm³/mol. The molecule has 148 valence electrons. The first-order valence-corrected chi connectivity index (χ1v) is 9.73. The topological polar surface area (TPSA) is 94.9 Å². The molecule has 1 aromatic rings. The highest BCUT2D eigenvalue weighted by Gasteiger charge is 2.29. The van der Waals surface area contributed by atoms with Gasteiger partial charge in [-0.3, -0.25) is 19.8 Å². The van der Waals surface area contributed by atoms with Crippen molar-refractivity contribution in [2.24, 2.45) is 0 Å². The van der Waals surface area contributed by atoms with Crippen LogP contribution >= 0.6 is 0 Å². The average molecular weight is 376 g/mol. The van der Waals surface area contributed by atoms with E-state index in [1.807, 2.05) is 4.90 Å². The number of carbonyl (C=O) groups is 3. The van der Waals surface area contributed by atoms with E-state index in [9.17, 15) is 14.4 Å². The molecule has 1 saturated carbocycles. The minimum atomic E-state index is -0.428. The molecule has 1 aromatic heterocycles. The van der Waals surface area contributed by atoms with Crippen LogP contribution in [0.2, 0.25) is 0 Å². The summed E-state index contributed by atoms with van der Waals surface area (Å²) in [5.74, 6) is -0.119. The summed E-state index contributed by atoms with van der Waals surface area (Å²) < 4.78 is 5.15. The fourth-order valence-electron chi connectivity index (χ4n) is 3.72. The molecular weight excluding hydrogens is 348 g/mol. The van der Waals surface area contributed by atoms with Crippen molar-refractivity contribution in [2.45, 2.75) is 51.1 Å². The van der Waals surface area contributed by atoms with Crippen LogP contribution in [0.5, 0.6) is 0 Å². The molecule has 0 aromatic carbocycles. The third-order valence-electron chi connectivity index (χ3n) is 5.44. The van der Waals surface area contributed by atoms with Crippen LogP contribution in [0.4, 0.5) is 4.79 Å². The zero-order chi connectivity index (χ0) is 19.2. The van der Waals surface area contributed by atoms with Crippen LogP contribution in [-0.2, 0) is 4.79 Å². The Bertz CT molecular complexity index is 647. The number of furan rings is 1. The Kier molecular flexibility index (Phi) is 6.49. The number of piperazine rings is 1. The lowest BCUT2D eigenvalue weighted by atomic mass is 9.96. The number of nitrogens with zero attached hydrogens (tertiary/aromatic N) is 2. The maximum Gasteiger partial charge on any atom is 0.321 e. The van der Waals surface area contributed by atoms with Gasteiger partial charge in [0.25, 0.3) is 5.91 Å². The maximum atomic E-state index is 12.4. The van der Waals surface area contributed by atoms with E-state index in [0.717, 1.165) is 25.7 Å². The van der Waals surface area contributed by atoms with E-state index >= 15 is 0 Å². The molecule has 2 N–H and O–H groups in total. The van der Waals surface area contributed by atoms with E-state index in [2.05, 4.69) is 10.6 Å². The van der Waals surface area contributed by atoms with Gasteiger partial charge in [0.15, 0.2) is 5.76 Å². The Labute approximate surface area is 159 Å². The van der Waals surface area contributed by atoms with Gasteiger partial charge in [-0.15, -0.1) is 0 Å². The van der Waals surface area contributed by atoms with E-state index in [1.165, 1.54) is 12.7 Å². The number of carbonyl (C=O) groups excluding carboxylic acids is 3. The number of hydrogen-bond donors (Lipinski definition) is 2. The summed E-state index contributed by atoms with van der Waals surface area (Å²) in [7, 11) is 0. The molecule has 2 fully saturated rings. The van der Waals surface area contributed by atoms with Gasteiger partial charge in [0, 0.05) is 32.2 Å². The highest BCUT2D eigenvalue weighted by atomic mass is 16.3. The number of imide groups is 1. The minimum Gasteiger partial charge on any atom is -0.459 e. The summed E-state index contributed by atoms with van der Waals surface area (Å²) in [6.45, 7) is 3.97. The Morgan fingerprint density at radius 2 is 1.81 bits per heavy atom. The van der Waals surface area contributed by atoms with Crippen LogP contribution in [-0.4, -0.2) is 65.9 Å². The average Bonchev–Trinajstić information content (AvgIpc) is 3.22. The summed E-state index contributed by atoms with van der Waals surface area (Å²) in [5.41, 5.74) is 0. The van der Waals surface area contributed by atoms with Crippen LogP contribution in [0.1, 0.15) is 49.6 Å². The van der Waals surface area contributed by atoms with Crippen LogP contribution in [0, 0.1) is 0 Å². The lowest BCUT2D eigenvalue weighted by Crippen LogP contribution is -2.56. The van der Waals surface area contributed by atoms with E-state index in [1.54, 1.807) is 24.0 Å². The number of rotatable bonds is 4. The third kappa shape index (κ3) is 5.09. The Morgan fingerprint density at radius 3 is 2.44 bits per heavy atom. The van der Waals surface area contributed by atoms with E-state index in [0.29, 0.717) is 31.9 Å². The van der Waals surface area contributed by atoms with Gasteiger partial charge in [0.1, 0.15) is 0 Å². The summed E-state index contributed by atoms with van der Waals surface area (Å²) in [4.78, 5) is 40.4. The largest absolute Gasteiger partial charge is 0.459 e. The Hall–Kier alpha value is -2.35. The van der Waals surface area contributed by atoms with Gasteiger partial charge in [0.05, 0.1) is 12.3 Å².